The lowest BCUT2D eigenvalue weighted by Gasteiger charge is -2.47. The van der Waals surface area contributed by atoms with Gasteiger partial charge in [0.1, 0.15) is 5.60 Å². The van der Waals surface area contributed by atoms with Crippen LogP contribution in [0.2, 0.25) is 10.0 Å². The Hall–Kier alpha value is -1.85. The van der Waals surface area contributed by atoms with Crippen molar-refractivity contribution >= 4 is 23.2 Å². The van der Waals surface area contributed by atoms with E-state index in [-0.39, 0.29) is 18.1 Å². The Labute approximate surface area is 180 Å². The lowest BCUT2D eigenvalue weighted by molar-refractivity contribution is -0.0684. The zero-order valence-corrected chi connectivity index (χ0v) is 17.4. The molecule has 2 aliphatic rings. The number of nitrogens with one attached hydrogen (secondary N) is 1. The third-order valence-electron chi connectivity index (χ3n) is 6.52. The fourth-order valence-electron chi connectivity index (χ4n) is 5.30. The Morgan fingerprint density at radius 1 is 0.931 bits per heavy atom. The van der Waals surface area contributed by atoms with Gasteiger partial charge in [0.25, 0.3) is 0 Å². The molecule has 0 amide bonds. The molecule has 5 rings (SSSR count). The van der Waals surface area contributed by atoms with Gasteiger partial charge >= 0.3 is 0 Å². The van der Waals surface area contributed by atoms with E-state index in [1.807, 2.05) is 42.5 Å². The lowest BCUT2D eigenvalue weighted by atomic mass is 9.81. The first-order chi connectivity index (χ1) is 14.1. The summed E-state index contributed by atoms with van der Waals surface area (Å²) in [6.45, 7) is 0. The Kier molecular flexibility index (Phi) is 4.91. The van der Waals surface area contributed by atoms with Crippen molar-refractivity contribution in [2.24, 2.45) is 0 Å². The molecule has 3 heterocycles. The highest BCUT2D eigenvalue weighted by molar-refractivity contribution is 6.32. The van der Waals surface area contributed by atoms with Gasteiger partial charge in [-0.05, 0) is 55.0 Å². The predicted octanol–water partition coefficient (Wildman–Crippen LogP) is 5.32. The number of rotatable bonds is 4. The fraction of sp³-hybridized carbons (Fsp3) is 0.348. The van der Waals surface area contributed by atoms with Gasteiger partial charge < -0.3 is 5.11 Å². The average molecular weight is 428 g/mol. The molecule has 0 aliphatic carbocycles. The minimum atomic E-state index is -0.871. The smallest absolute Gasteiger partial charge is 0.109 e. The number of aromatic nitrogens is 2. The summed E-state index contributed by atoms with van der Waals surface area (Å²) in [6.07, 6.45) is 5.13. The first-order valence-corrected chi connectivity index (χ1v) is 10.8. The van der Waals surface area contributed by atoms with E-state index in [0.29, 0.717) is 12.8 Å². The summed E-state index contributed by atoms with van der Waals surface area (Å²) >= 11 is 13.3. The monoisotopic (exact) mass is 427 g/mol. The molecular weight excluding hydrogens is 405 g/mol. The highest BCUT2D eigenvalue weighted by Crippen LogP contribution is 2.51. The van der Waals surface area contributed by atoms with Crippen LogP contribution in [0, 0.1) is 0 Å². The molecule has 2 N–H and O–H groups in total. The van der Waals surface area contributed by atoms with Crippen LogP contribution in [0.5, 0.6) is 0 Å². The van der Waals surface area contributed by atoms with E-state index in [4.69, 9.17) is 23.2 Å². The zero-order valence-electron chi connectivity index (χ0n) is 15.9. The molecule has 2 aliphatic heterocycles. The predicted molar refractivity (Wildman–Crippen MR) is 115 cm³/mol. The first-order valence-electron chi connectivity index (χ1n) is 10.1. The third kappa shape index (κ3) is 3.28. The molecule has 2 fully saturated rings. The Morgan fingerprint density at radius 3 is 1.97 bits per heavy atom. The van der Waals surface area contributed by atoms with E-state index < -0.39 is 5.60 Å². The Morgan fingerprint density at radius 2 is 1.48 bits per heavy atom. The zero-order chi connectivity index (χ0) is 20.0. The number of H-pyrrole nitrogens is 1. The number of hydrogen-bond acceptors (Lipinski definition) is 3. The van der Waals surface area contributed by atoms with Crippen LogP contribution in [0.25, 0.3) is 0 Å². The van der Waals surface area contributed by atoms with E-state index in [0.717, 1.165) is 39.7 Å². The van der Waals surface area contributed by atoms with Gasteiger partial charge in [0.05, 0.1) is 11.7 Å². The average Bonchev–Trinajstić information content (AvgIpc) is 3.34. The van der Waals surface area contributed by atoms with Crippen molar-refractivity contribution in [2.75, 3.05) is 0 Å². The minimum absolute atomic E-state index is 0.0405. The van der Waals surface area contributed by atoms with Gasteiger partial charge in [-0.25, -0.2) is 0 Å². The molecule has 2 unspecified atom stereocenters. The second-order valence-electron chi connectivity index (χ2n) is 8.19. The summed E-state index contributed by atoms with van der Waals surface area (Å²) < 4.78 is 0. The molecule has 0 radical (unpaired) electrons. The number of piperidine rings is 1. The minimum Gasteiger partial charge on any atom is -0.383 e. The standard InChI is InChI=1S/C23H23Cl2N3O/c24-19-7-3-1-5-17(19)22(18-6-2-4-8-20(18)25)28-15-9-10-16(28)14-23(29,13-15)21-11-12-26-27-21/h1-8,11-12,15-16,22,29H,9-10,13-14H2,(H,26,27). The summed E-state index contributed by atoms with van der Waals surface area (Å²) in [7, 11) is 0. The first kappa shape index (κ1) is 19.1. The number of hydrogen-bond donors (Lipinski definition) is 2. The van der Waals surface area contributed by atoms with Crippen molar-refractivity contribution in [1.29, 1.82) is 0 Å². The van der Waals surface area contributed by atoms with Crippen molar-refractivity contribution < 1.29 is 5.11 Å². The quantitative estimate of drug-likeness (QED) is 0.592. The van der Waals surface area contributed by atoms with Crippen molar-refractivity contribution in [3.8, 4) is 0 Å². The van der Waals surface area contributed by atoms with Crippen molar-refractivity contribution in [3.05, 3.63) is 87.7 Å². The van der Waals surface area contributed by atoms with Crippen LogP contribution in [0.1, 0.15) is 48.5 Å². The van der Waals surface area contributed by atoms with E-state index >= 15 is 0 Å². The van der Waals surface area contributed by atoms with Crippen molar-refractivity contribution in [2.45, 2.75) is 49.4 Å². The highest BCUT2D eigenvalue weighted by Gasteiger charge is 2.51. The summed E-state index contributed by atoms with van der Waals surface area (Å²) in [5, 5.41) is 19.9. The second-order valence-corrected chi connectivity index (χ2v) is 9.00. The van der Waals surface area contributed by atoms with Crippen LogP contribution in [-0.4, -0.2) is 32.3 Å². The Bertz CT molecular complexity index is 947. The molecule has 1 aromatic heterocycles. The molecule has 4 nitrogen and oxygen atoms in total. The lowest BCUT2D eigenvalue weighted by Crippen LogP contribution is -2.51. The van der Waals surface area contributed by atoms with Crippen LogP contribution >= 0.6 is 23.2 Å². The maximum atomic E-state index is 11.4. The van der Waals surface area contributed by atoms with E-state index in [1.54, 1.807) is 6.20 Å². The highest BCUT2D eigenvalue weighted by atomic mass is 35.5. The number of aliphatic hydroxyl groups is 1. The van der Waals surface area contributed by atoms with Gasteiger partial charge in [0.15, 0.2) is 0 Å². The molecule has 2 aromatic carbocycles. The van der Waals surface area contributed by atoms with Gasteiger partial charge in [0, 0.05) is 28.3 Å². The van der Waals surface area contributed by atoms with E-state index in [2.05, 4.69) is 27.2 Å². The topological polar surface area (TPSA) is 52.2 Å². The largest absolute Gasteiger partial charge is 0.383 e. The molecule has 0 saturated carbocycles. The normalized spacial score (nSPS) is 26.9. The van der Waals surface area contributed by atoms with Crippen LogP contribution in [-0.2, 0) is 5.60 Å². The number of nitrogens with zero attached hydrogens (tertiary/aromatic N) is 2. The fourth-order valence-corrected chi connectivity index (χ4v) is 5.78. The molecule has 3 aromatic rings. The van der Waals surface area contributed by atoms with Crippen molar-refractivity contribution in [3.63, 3.8) is 0 Å². The summed E-state index contributed by atoms with van der Waals surface area (Å²) in [4.78, 5) is 2.53. The van der Waals surface area contributed by atoms with Gasteiger partial charge in [-0.15, -0.1) is 0 Å². The maximum Gasteiger partial charge on any atom is 0.109 e. The van der Waals surface area contributed by atoms with Gasteiger partial charge in [0.2, 0.25) is 0 Å². The molecule has 2 saturated heterocycles. The third-order valence-corrected chi connectivity index (χ3v) is 7.21. The summed E-state index contributed by atoms with van der Waals surface area (Å²) in [6, 6.07) is 18.3. The number of aromatic amines is 1. The number of benzene rings is 2. The molecule has 6 heteroatoms. The van der Waals surface area contributed by atoms with Gasteiger partial charge in [-0.3, -0.25) is 10.00 Å². The van der Waals surface area contributed by atoms with E-state index in [9.17, 15) is 5.11 Å². The van der Waals surface area contributed by atoms with Crippen molar-refractivity contribution in [1.82, 2.24) is 15.1 Å². The summed E-state index contributed by atoms with van der Waals surface area (Å²) in [5.74, 6) is 0. The molecule has 2 atom stereocenters. The molecule has 0 spiro atoms. The van der Waals surface area contributed by atoms with Crippen LogP contribution in [0.3, 0.4) is 0 Å². The second kappa shape index (κ2) is 7.44. The SMILES string of the molecule is OC1(c2ccn[nH]2)CC2CCC(C1)N2C(c1ccccc1Cl)c1ccccc1Cl. The van der Waals surface area contributed by atoms with Crippen LogP contribution in [0.15, 0.2) is 60.8 Å². The van der Waals surface area contributed by atoms with E-state index in [1.165, 1.54) is 0 Å². The number of fused-ring (bicyclic) bond motifs is 2. The number of halogens is 2. The van der Waals surface area contributed by atoms with Crippen LogP contribution in [0.4, 0.5) is 0 Å². The molecular formula is C23H23Cl2N3O. The maximum absolute atomic E-state index is 11.4. The van der Waals surface area contributed by atoms with Gasteiger partial charge in [-0.1, -0.05) is 59.6 Å². The summed E-state index contributed by atoms with van der Waals surface area (Å²) in [5.41, 5.74) is 2.06. The molecule has 29 heavy (non-hydrogen) atoms. The van der Waals surface area contributed by atoms with Crippen LogP contribution < -0.4 is 0 Å². The molecule has 150 valence electrons. The van der Waals surface area contributed by atoms with Gasteiger partial charge in [-0.2, -0.15) is 5.10 Å². The molecule has 2 bridgehead atoms. The Balaban J connectivity index is 1.58.